The highest BCUT2D eigenvalue weighted by Gasteiger charge is 2.52. The lowest BCUT2D eigenvalue weighted by Crippen LogP contribution is -2.41. The lowest BCUT2D eigenvalue weighted by atomic mass is 9.78. The molecular formula is C15H22BNO3. The monoisotopic (exact) mass is 275 g/mol. The van der Waals surface area contributed by atoms with Crippen LogP contribution in [-0.4, -0.2) is 31.0 Å². The summed E-state index contributed by atoms with van der Waals surface area (Å²) in [6.07, 6.45) is 0.145. The number of nitrogens with one attached hydrogen (secondary N) is 1. The van der Waals surface area contributed by atoms with Crippen molar-refractivity contribution in [3.63, 3.8) is 0 Å². The number of benzene rings is 1. The van der Waals surface area contributed by atoms with E-state index in [1.54, 1.807) is 0 Å². The molecule has 0 amide bonds. The van der Waals surface area contributed by atoms with Gasteiger partial charge in [0, 0.05) is 5.46 Å². The van der Waals surface area contributed by atoms with Crippen LogP contribution in [0.3, 0.4) is 0 Å². The lowest BCUT2D eigenvalue weighted by Gasteiger charge is -2.32. The predicted octanol–water partition coefficient (Wildman–Crippen LogP) is 2.18. The molecule has 0 spiro atoms. The second-order valence-electron chi connectivity index (χ2n) is 6.62. The molecule has 2 heterocycles. The van der Waals surface area contributed by atoms with Crippen molar-refractivity contribution in [1.82, 2.24) is 0 Å². The van der Waals surface area contributed by atoms with Crippen molar-refractivity contribution in [2.24, 2.45) is 0 Å². The normalized spacial score (nSPS) is 26.6. The fourth-order valence-corrected chi connectivity index (χ4v) is 2.48. The van der Waals surface area contributed by atoms with Crippen molar-refractivity contribution >= 4 is 18.3 Å². The van der Waals surface area contributed by atoms with Crippen LogP contribution in [0, 0.1) is 0 Å². The Labute approximate surface area is 120 Å². The molecule has 108 valence electrons. The summed E-state index contributed by atoms with van der Waals surface area (Å²) in [5.74, 6) is 0.852. The van der Waals surface area contributed by atoms with Crippen molar-refractivity contribution in [1.29, 1.82) is 0 Å². The molecule has 5 heteroatoms. The minimum atomic E-state index is -0.387. The van der Waals surface area contributed by atoms with E-state index in [9.17, 15) is 0 Å². The van der Waals surface area contributed by atoms with E-state index >= 15 is 0 Å². The lowest BCUT2D eigenvalue weighted by molar-refractivity contribution is 0.00578. The molecule has 0 aromatic heterocycles. The van der Waals surface area contributed by atoms with E-state index in [0.717, 1.165) is 23.4 Å². The fourth-order valence-electron chi connectivity index (χ4n) is 2.48. The Kier molecular flexibility index (Phi) is 3.03. The van der Waals surface area contributed by atoms with Crippen LogP contribution in [0.1, 0.15) is 34.6 Å². The van der Waals surface area contributed by atoms with E-state index in [-0.39, 0.29) is 24.4 Å². The van der Waals surface area contributed by atoms with Gasteiger partial charge in [-0.3, -0.25) is 0 Å². The number of hydrogen-bond donors (Lipinski definition) is 1. The molecule has 20 heavy (non-hydrogen) atoms. The first kappa shape index (κ1) is 13.8. The largest absolute Gasteiger partial charge is 0.498 e. The van der Waals surface area contributed by atoms with Gasteiger partial charge in [0.25, 0.3) is 0 Å². The smallest absolute Gasteiger partial charge is 0.487 e. The van der Waals surface area contributed by atoms with Crippen molar-refractivity contribution in [2.75, 3.05) is 11.9 Å². The van der Waals surface area contributed by atoms with Gasteiger partial charge in [0.1, 0.15) is 11.9 Å². The number of ether oxygens (including phenoxy) is 1. The highest BCUT2D eigenvalue weighted by atomic mass is 16.7. The summed E-state index contributed by atoms with van der Waals surface area (Å²) < 4.78 is 18.2. The molecule has 2 aliphatic heterocycles. The van der Waals surface area contributed by atoms with E-state index in [1.165, 1.54) is 0 Å². The van der Waals surface area contributed by atoms with Gasteiger partial charge in [-0.25, -0.2) is 0 Å². The summed E-state index contributed by atoms with van der Waals surface area (Å²) in [4.78, 5) is 0. The maximum atomic E-state index is 6.12. The minimum absolute atomic E-state index is 0.145. The number of anilines is 1. The van der Waals surface area contributed by atoms with Crippen LogP contribution < -0.4 is 15.5 Å². The molecule has 2 aliphatic rings. The summed E-state index contributed by atoms with van der Waals surface area (Å²) in [7, 11) is -0.387. The summed E-state index contributed by atoms with van der Waals surface area (Å²) in [6.45, 7) is 11.1. The Hall–Kier alpha value is -1.20. The predicted molar refractivity (Wildman–Crippen MR) is 80.7 cm³/mol. The number of rotatable bonds is 1. The van der Waals surface area contributed by atoms with E-state index in [2.05, 4.69) is 39.9 Å². The topological polar surface area (TPSA) is 39.7 Å². The number of para-hydroxylation sites is 1. The third-order valence-corrected chi connectivity index (χ3v) is 4.45. The van der Waals surface area contributed by atoms with Gasteiger partial charge in [0.2, 0.25) is 0 Å². The second-order valence-corrected chi connectivity index (χ2v) is 6.62. The average Bonchev–Trinajstić information content (AvgIpc) is 2.57. The molecule has 1 saturated heterocycles. The van der Waals surface area contributed by atoms with Crippen LogP contribution in [0.25, 0.3) is 0 Å². The quantitative estimate of drug-likeness (QED) is 0.797. The Morgan fingerprint density at radius 2 is 1.80 bits per heavy atom. The van der Waals surface area contributed by atoms with Crippen molar-refractivity contribution < 1.29 is 14.0 Å². The molecule has 0 saturated carbocycles. The zero-order chi connectivity index (χ0) is 14.5. The molecule has 0 bridgehead atoms. The molecule has 3 rings (SSSR count). The van der Waals surface area contributed by atoms with Crippen LogP contribution in [0.15, 0.2) is 18.2 Å². The van der Waals surface area contributed by atoms with Crippen molar-refractivity contribution in [2.45, 2.75) is 51.9 Å². The van der Waals surface area contributed by atoms with Crippen molar-refractivity contribution in [3.05, 3.63) is 18.2 Å². The zero-order valence-corrected chi connectivity index (χ0v) is 12.8. The highest BCUT2D eigenvalue weighted by Crippen LogP contribution is 2.38. The number of hydrogen-bond acceptors (Lipinski definition) is 4. The Morgan fingerprint density at radius 1 is 1.15 bits per heavy atom. The minimum Gasteiger partial charge on any atom is -0.487 e. The summed E-state index contributed by atoms with van der Waals surface area (Å²) in [5, 5.41) is 3.38. The van der Waals surface area contributed by atoms with Crippen molar-refractivity contribution in [3.8, 4) is 5.75 Å². The van der Waals surface area contributed by atoms with E-state index < -0.39 is 0 Å². The van der Waals surface area contributed by atoms with E-state index in [1.807, 2.05) is 18.2 Å². The molecular weight excluding hydrogens is 253 g/mol. The van der Waals surface area contributed by atoms with Crippen LogP contribution >= 0.6 is 0 Å². The van der Waals surface area contributed by atoms with Gasteiger partial charge in [-0.05, 0) is 40.7 Å². The average molecular weight is 275 g/mol. The first-order chi connectivity index (χ1) is 9.30. The standard InChI is InChI=1S/C15H22BNO3/c1-10-9-17-12-8-6-7-11(13(12)18-10)16-19-14(2,3)15(4,5)20-16/h6-8,10,17H,9H2,1-5H3. The first-order valence-electron chi connectivity index (χ1n) is 7.19. The molecule has 1 aromatic carbocycles. The summed E-state index contributed by atoms with van der Waals surface area (Å²) in [5.41, 5.74) is 1.29. The molecule has 1 atom stereocenters. The molecule has 1 fully saturated rings. The van der Waals surface area contributed by atoms with Gasteiger partial charge in [-0.15, -0.1) is 0 Å². The van der Waals surface area contributed by atoms with Gasteiger partial charge < -0.3 is 19.4 Å². The van der Waals surface area contributed by atoms with E-state index in [0.29, 0.717) is 0 Å². The maximum absolute atomic E-state index is 6.12. The molecule has 4 nitrogen and oxygen atoms in total. The molecule has 1 N–H and O–H groups in total. The molecule has 0 aliphatic carbocycles. The fraction of sp³-hybridized carbons (Fsp3) is 0.600. The van der Waals surface area contributed by atoms with Crippen LogP contribution in [0.5, 0.6) is 5.75 Å². The highest BCUT2D eigenvalue weighted by molar-refractivity contribution is 6.63. The Morgan fingerprint density at radius 3 is 2.45 bits per heavy atom. The molecule has 0 radical (unpaired) electrons. The van der Waals surface area contributed by atoms with Crippen LogP contribution in [0.2, 0.25) is 0 Å². The Bertz CT molecular complexity index is 514. The SMILES string of the molecule is CC1CNc2cccc(B3OC(C)(C)C(C)(C)O3)c2O1. The van der Waals surface area contributed by atoms with Gasteiger partial charge in [0.15, 0.2) is 0 Å². The van der Waals surface area contributed by atoms with Crippen LogP contribution in [-0.2, 0) is 9.31 Å². The van der Waals surface area contributed by atoms with E-state index in [4.69, 9.17) is 14.0 Å². The molecule has 1 aromatic rings. The zero-order valence-electron chi connectivity index (χ0n) is 12.8. The van der Waals surface area contributed by atoms with Crippen LogP contribution in [0.4, 0.5) is 5.69 Å². The second kappa shape index (κ2) is 4.40. The van der Waals surface area contributed by atoms with Gasteiger partial charge >= 0.3 is 7.12 Å². The van der Waals surface area contributed by atoms with Gasteiger partial charge in [-0.1, -0.05) is 12.1 Å². The summed E-state index contributed by atoms with van der Waals surface area (Å²) in [6, 6.07) is 6.04. The maximum Gasteiger partial charge on any atom is 0.498 e. The molecule has 1 unspecified atom stereocenters. The Balaban J connectivity index is 1.97. The van der Waals surface area contributed by atoms with Gasteiger partial charge in [-0.2, -0.15) is 0 Å². The first-order valence-corrected chi connectivity index (χ1v) is 7.19. The summed E-state index contributed by atoms with van der Waals surface area (Å²) >= 11 is 0. The van der Waals surface area contributed by atoms with Gasteiger partial charge in [0.05, 0.1) is 23.4 Å². The number of fused-ring (bicyclic) bond motifs is 1. The third kappa shape index (κ3) is 2.09. The third-order valence-electron chi connectivity index (χ3n) is 4.45.